The van der Waals surface area contributed by atoms with Crippen LogP contribution < -0.4 is 20.1 Å². The van der Waals surface area contributed by atoms with Crippen LogP contribution in [-0.2, 0) is 4.79 Å². The lowest BCUT2D eigenvalue weighted by Gasteiger charge is -2.10. The Bertz CT molecular complexity index is 1000. The number of nitrogens with one attached hydrogen (secondary N) is 2. The van der Waals surface area contributed by atoms with Crippen LogP contribution in [0, 0.1) is 0 Å². The van der Waals surface area contributed by atoms with Crippen molar-refractivity contribution < 1.29 is 19.1 Å². The Morgan fingerprint density at radius 1 is 0.833 bits per heavy atom. The van der Waals surface area contributed by atoms with Crippen LogP contribution >= 0.6 is 11.6 Å². The molecule has 3 rings (SSSR count). The average molecular weight is 425 g/mol. The van der Waals surface area contributed by atoms with Gasteiger partial charge in [0.2, 0.25) is 0 Å². The van der Waals surface area contributed by atoms with Gasteiger partial charge in [-0.3, -0.25) is 9.59 Å². The molecule has 0 saturated carbocycles. The topological polar surface area (TPSA) is 76.7 Å². The van der Waals surface area contributed by atoms with Gasteiger partial charge in [-0.15, -0.1) is 0 Å². The molecule has 0 radical (unpaired) electrons. The van der Waals surface area contributed by atoms with Crippen LogP contribution in [0.5, 0.6) is 11.5 Å². The van der Waals surface area contributed by atoms with Crippen molar-refractivity contribution in [1.82, 2.24) is 0 Å². The van der Waals surface area contributed by atoms with Gasteiger partial charge in [0.15, 0.2) is 6.61 Å². The van der Waals surface area contributed by atoms with E-state index in [9.17, 15) is 9.59 Å². The van der Waals surface area contributed by atoms with E-state index in [1.807, 2.05) is 6.92 Å². The highest BCUT2D eigenvalue weighted by atomic mass is 35.5. The Morgan fingerprint density at radius 3 is 2.13 bits per heavy atom. The third kappa shape index (κ3) is 5.99. The van der Waals surface area contributed by atoms with Gasteiger partial charge in [0, 0.05) is 11.3 Å². The third-order valence-corrected chi connectivity index (χ3v) is 4.39. The standard InChI is InChI=1S/C23H21ClN2O4/c1-2-29-18-13-9-17(10-14-18)25-22(27)15-30-19-11-7-16(8-12-19)23(28)26-21-6-4-3-5-20(21)24/h3-14H,2,15H2,1H3,(H,25,27)(H,26,28). The van der Waals surface area contributed by atoms with Crippen molar-refractivity contribution in [3.8, 4) is 11.5 Å². The molecule has 3 aromatic rings. The van der Waals surface area contributed by atoms with Gasteiger partial charge in [-0.05, 0) is 67.6 Å². The smallest absolute Gasteiger partial charge is 0.262 e. The van der Waals surface area contributed by atoms with Crippen molar-refractivity contribution in [2.24, 2.45) is 0 Å². The summed E-state index contributed by atoms with van der Waals surface area (Å²) in [5.74, 6) is 0.638. The lowest BCUT2D eigenvalue weighted by Crippen LogP contribution is -2.20. The lowest BCUT2D eigenvalue weighted by atomic mass is 10.2. The first kappa shape index (κ1) is 21.2. The highest BCUT2D eigenvalue weighted by Gasteiger charge is 2.09. The molecule has 2 amide bonds. The molecule has 0 fully saturated rings. The van der Waals surface area contributed by atoms with Crippen LogP contribution in [-0.4, -0.2) is 25.0 Å². The van der Waals surface area contributed by atoms with Crippen LogP contribution in [0.15, 0.2) is 72.8 Å². The second kappa shape index (κ2) is 10.3. The van der Waals surface area contributed by atoms with E-state index in [2.05, 4.69) is 10.6 Å². The van der Waals surface area contributed by atoms with E-state index < -0.39 is 0 Å². The number of rotatable bonds is 8. The number of carbonyl (C=O) groups is 2. The predicted octanol–water partition coefficient (Wildman–Crippen LogP) is 5.01. The van der Waals surface area contributed by atoms with Crippen LogP contribution in [0.3, 0.4) is 0 Å². The second-order valence-corrected chi connectivity index (χ2v) is 6.66. The molecule has 0 spiro atoms. The molecule has 6 nitrogen and oxygen atoms in total. The minimum absolute atomic E-state index is 0.154. The van der Waals surface area contributed by atoms with Crippen LogP contribution in [0.2, 0.25) is 5.02 Å². The van der Waals surface area contributed by atoms with Gasteiger partial charge in [0.1, 0.15) is 11.5 Å². The Hall–Kier alpha value is -3.51. The molecule has 0 bridgehead atoms. The number of anilines is 2. The number of ether oxygens (including phenoxy) is 2. The van der Waals surface area contributed by atoms with Crippen molar-refractivity contribution >= 4 is 34.8 Å². The molecule has 0 aromatic heterocycles. The molecule has 3 aromatic carbocycles. The predicted molar refractivity (Wildman–Crippen MR) is 118 cm³/mol. The minimum atomic E-state index is -0.292. The fourth-order valence-corrected chi connectivity index (χ4v) is 2.79. The number of para-hydroxylation sites is 1. The van der Waals surface area contributed by atoms with Crippen LogP contribution in [0.25, 0.3) is 0 Å². The maximum absolute atomic E-state index is 12.3. The van der Waals surface area contributed by atoms with E-state index in [0.29, 0.717) is 34.3 Å². The summed E-state index contributed by atoms with van der Waals surface area (Å²) in [6.07, 6.45) is 0. The van der Waals surface area contributed by atoms with Crippen molar-refractivity contribution in [3.05, 3.63) is 83.4 Å². The maximum Gasteiger partial charge on any atom is 0.262 e. The van der Waals surface area contributed by atoms with Gasteiger partial charge in [-0.25, -0.2) is 0 Å². The molecule has 2 N–H and O–H groups in total. The van der Waals surface area contributed by atoms with Gasteiger partial charge in [-0.2, -0.15) is 0 Å². The first-order valence-corrected chi connectivity index (χ1v) is 9.74. The normalized spacial score (nSPS) is 10.2. The van der Waals surface area contributed by atoms with E-state index in [-0.39, 0.29) is 18.4 Å². The second-order valence-electron chi connectivity index (χ2n) is 6.25. The average Bonchev–Trinajstić information content (AvgIpc) is 2.76. The summed E-state index contributed by atoms with van der Waals surface area (Å²) in [6, 6.07) is 20.6. The first-order chi connectivity index (χ1) is 14.5. The van der Waals surface area contributed by atoms with E-state index in [1.54, 1.807) is 72.8 Å². The maximum atomic E-state index is 12.3. The number of hydrogen-bond acceptors (Lipinski definition) is 4. The SMILES string of the molecule is CCOc1ccc(NC(=O)COc2ccc(C(=O)Nc3ccccc3Cl)cc2)cc1. The molecule has 0 heterocycles. The summed E-state index contributed by atoms with van der Waals surface area (Å²) < 4.78 is 10.8. The Morgan fingerprint density at radius 2 is 1.47 bits per heavy atom. The summed E-state index contributed by atoms with van der Waals surface area (Å²) in [7, 11) is 0. The molecule has 0 saturated heterocycles. The number of benzene rings is 3. The minimum Gasteiger partial charge on any atom is -0.494 e. The van der Waals surface area contributed by atoms with Crippen LogP contribution in [0.1, 0.15) is 17.3 Å². The zero-order valence-electron chi connectivity index (χ0n) is 16.4. The molecular weight excluding hydrogens is 404 g/mol. The van der Waals surface area contributed by atoms with E-state index in [0.717, 1.165) is 5.75 Å². The summed E-state index contributed by atoms with van der Waals surface area (Å²) in [4.78, 5) is 24.4. The molecule has 0 atom stereocenters. The van der Waals surface area contributed by atoms with Crippen molar-refractivity contribution in [3.63, 3.8) is 0 Å². The van der Waals surface area contributed by atoms with E-state index in [4.69, 9.17) is 21.1 Å². The summed E-state index contributed by atoms with van der Waals surface area (Å²) in [6.45, 7) is 2.34. The fourth-order valence-electron chi connectivity index (χ4n) is 2.61. The number of carbonyl (C=O) groups excluding carboxylic acids is 2. The molecule has 0 aliphatic rings. The van der Waals surface area contributed by atoms with Crippen molar-refractivity contribution in [1.29, 1.82) is 0 Å². The zero-order chi connectivity index (χ0) is 21.3. The molecule has 7 heteroatoms. The molecule has 30 heavy (non-hydrogen) atoms. The van der Waals surface area contributed by atoms with Crippen LogP contribution in [0.4, 0.5) is 11.4 Å². The molecule has 0 aliphatic carbocycles. The van der Waals surface area contributed by atoms with Gasteiger partial charge in [-0.1, -0.05) is 23.7 Å². The Balaban J connectivity index is 1.49. The largest absolute Gasteiger partial charge is 0.494 e. The Kier molecular flexibility index (Phi) is 7.29. The fraction of sp³-hybridized carbons (Fsp3) is 0.130. The number of hydrogen-bond donors (Lipinski definition) is 2. The number of halogens is 1. The highest BCUT2D eigenvalue weighted by Crippen LogP contribution is 2.22. The Labute approximate surface area is 179 Å². The van der Waals surface area contributed by atoms with E-state index in [1.165, 1.54) is 0 Å². The van der Waals surface area contributed by atoms with Crippen molar-refractivity contribution in [2.75, 3.05) is 23.8 Å². The first-order valence-electron chi connectivity index (χ1n) is 9.36. The monoisotopic (exact) mass is 424 g/mol. The van der Waals surface area contributed by atoms with Gasteiger partial charge in [0.25, 0.3) is 11.8 Å². The zero-order valence-corrected chi connectivity index (χ0v) is 17.1. The highest BCUT2D eigenvalue weighted by molar-refractivity contribution is 6.33. The van der Waals surface area contributed by atoms with Gasteiger partial charge >= 0.3 is 0 Å². The number of amides is 2. The van der Waals surface area contributed by atoms with Gasteiger partial charge < -0.3 is 20.1 Å². The summed E-state index contributed by atoms with van der Waals surface area (Å²) in [5.41, 5.74) is 1.63. The molecule has 154 valence electrons. The molecular formula is C23H21ClN2O4. The molecule has 0 unspecified atom stereocenters. The van der Waals surface area contributed by atoms with Crippen molar-refractivity contribution in [2.45, 2.75) is 6.92 Å². The van der Waals surface area contributed by atoms with E-state index >= 15 is 0 Å². The quantitative estimate of drug-likeness (QED) is 0.533. The summed E-state index contributed by atoms with van der Waals surface area (Å²) >= 11 is 6.05. The lowest BCUT2D eigenvalue weighted by molar-refractivity contribution is -0.118. The summed E-state index contributed by atoms with van der Waals surface area (Å²) in [5, 5.41) is 5.96. The third-order valence-electron chi connectivity index (χ3n) is 4.06. The van der Waals surface area contributed by atoms with Gasteiger partial charge in [0.05, 0.1) is 17.3 Å². The molecule has 0 aliphatic heterocycles.